The second-order valence-corrected chi connectivity index (χ2v) is 6.78. The molecule has 1 amide bonds. The fourth-order valence-electron chi connectivity index (χ4n) is 2.77. The maximum atomic E-state index is 12.1. The first-order chi connectivity index (χ1) is 10.8. The maximum Gasteiger partial charge on any atom is 0.410 e. The highest BCUT2D eigenvalue weighted by atomic mass is 16.6. The molecule has 0 atom stereocenters. The largest absolute Gasteiger partial charge is 0.444 e. The Bertz CT molecular complexity index is 712. The van der Waals surface area contributed by atoms with E-state index in [0.717, 1.165) is 23.9 Å². The normalized spacial score (nSPS) is 16.7. The molecule has 1 aliphatic heterocycles. The van der Waals surface area contributed by atoms with Crippen LogP contribution in [-0.2, 0) is 4.74 Å². The van der Waals surface area contributed by atoms with E-state index in [0.29, 0.717) is 18.9 Å². The molecule has 124 valence electrons. The Morgan fingerprint density at radius 3 is 2.65 bits per heavy atom. The first-order valence-corrected chi connectivity index (χ1v) is 7.77. The van der Waals surface area contributed by atoms with Crippen LogP contribution in [0.1, 0.15) is 39.7 Å². The highest BCUT2D eigenvalue weighted by Crippen LogP contribution is 2.27. The minimum absolute atomic E-state index is 0.195. The number of carbonyl (C=O) groups is 1. The minimum atomic E-state index is -0.472. The van der Waals surface area contributed by atoms with Crippen LogP contribution in [0.15, 0.2) is 12.5 Å². The van der Waals surface area contributed by atoms with E-state index in [1.807, 2.05) is 25.5 Å². The third kappa shape index (κ3) is 3.20. The number of anilines is 1. The van der Waals surface area contributed by atoms with Gasteiger partial charge in [-0.2, -0.15) is 5.10 Å². The summed E-state index contributed by atoms with van der Waals surface area (Å²) in [5.74, 6) is 0.437. The number of likely N-dealkylation sites (tertiary alicyclic amines) is 1. The van der Waals surface area contributed by atoms with Crippen LogP contribution in [-0.4, -0.2) is 49.4 Å². The number of nitrogens with zero attached hydrogens (tertiary/aromatic N) is 5. The molecule has 2 aromatic heterocycles. The highest BCUT2D eigenvalue weighted by Gasteiger charge is 2.28. The van der Waals surface area contributed by atoms with E-state index >= 15 is 0 Å². The van der Waals surface area contributed by atoms with Crippen LogP contribution < -0.4 is 5.73 Å². The van der Waals surface area contributed by atoms with Crippen molar-refractivity contribution < 1.29 is 9.53 Å². The molecule has 3 rings (SSSR count). The van der Waals surface area contributed by atoms with Crippen LogP contribution in [0.5, 0.6) is 0 Å². The van der Waals surface area contributed by atoms with Gasteiger partial charge in [0.2, 0.25) is 0 Å². The summed E-state index contributed by atoms with van der Waals surface area (Å²) < 4.78 is 7.31. The van der Waals surface area contributed by atoms with Crippen LogP contribution in [0, 0.1) is 0 Å². The van der Waals surface area contributed by atoms with E-state index in [9.17, 15) is 4.79 Å². The molecule has 8 nitrogen and oxygen atoms in total. The molecule has 0 radical (unpaired) electrons. The smallest absolute Gasteiger partial charge is 0.410 e. The molecular weight excluding hydrogens is 296 g/mol. The number of aromatic nitrogens is 4. The van der Waals surface area contributed by atoms with Gasteiger partial charge < -0.3 is 15.4 Å². The van der Waals surface area contributed by atoms with Gasteiger partial charge >= 0.3 is 6.09 Å². The van der Waals surface area contributed by atoms with Crippen LogP contribution in [0.2, 0.25) is 0 Å². The molecular formula is C15H22N6O2. The van der Waals surface area contributed by atoms with E-state index in [1.165, 1.54) is 6.33 Å². The lowest BCUT2D eigenvalue weighted by Gasteiger charge is -2.33. The highest BCUT2D eigenvalue weighted by molar-refractivity contribution is 5.84. The fraction of sp³-hybridized carbons (Fsp3) is 0.600. The van der Waals surface area contributed by atoms with E-state index < -0.39 is 5.60 Å². The molecule has 0 spiro atoms. The SMILES string of the molecule is CC(C)(C)OC(=O)N1CCC(n2ncc3c(N)ncnc32)CC1. The van der Waals surface area contributed by atoms with Crippen molar-refractivity contribution in [1.29, 1.82) is 0 Å². The zero-order valence-corrected chi connectivity index (χ0v) is 13.7. The van der Waals surface area contributed by atoms with Gasteiger partial charge in [0.25, 0.3) is 0 Å². The number of carbonyl (C=O) groups excluding carboxylic acids is 1. The first-order valence-electron chi connectivity index (χ1n) is 7.77. The third-order valence-electron chi connectivity index (χ3n) is 3.88. The quantitative estimate of drug-likeness (QED) is 0.863. The van der Waals surface area contributed by atoms with Crippen molar-refractivity contribution in [3.05, 3.63) is 12.5 Å². The number of nitrogens with two attached hydrogens (primary N) is 1. The minimum Gasteiger partial charge on any atom is -0.444 e. The fourth-order valence-corrected chi connectivity index (χ4v) is 2.77. The van der Waals surface area contributed by atoms with Gasteiger partial charge in [-0.1, -0.05) is 0 Å². The Morgan fingerprint density at radius 2 is 2.00 bits per heavy atom. The average molecular weight is 318 g/mol. The van der Waals surface area contributed by atoms with Gasteiger partial charge in [-0.05, 0) is 33.6 Å². The van der Waals surface area contributed by atoms with Crippen LogP contribution in [0.4, 0.5) is 10.6 Å². The van der Waals surface area contributed by atoms with Crippen molar-refractivity contribution in [3.63, 3.8) is 0 Å². The number of hydrogen-bond acceptors (Lipinski definition) is 6. The summed E-state index contributed by atoms with van der Waals surface area (Å²) in [7, 11) is 0. The number of amides is 1. The second-order valence-electron chi connectivity index (χ2n) is 6.78. The summed E-state index contributed by atoms with van der Waals surface area (Å²) in [6.45, 7) is 6.90. The molecule has 23 heavy (non-hydrogen) atoms. The average Bonchev–Trinajstić information content (AvgIpc) is 2.91. The van der Waals surface area contributed by atoms with E-state index in [-0.39, 0.29) is 12.1 Å². The Morgan fingerprint density at radius 1 is 1.30 bits per heavy atom. The molecule has 1 saturated heterocycles. The first kappa shape index (κ1) is 15.5. The van der Waals surface area contributed by atoms with Gasteiger partial charge in [0.05, 0.1) is 17.6 Å². The lowest BCUT2D eigenvalue weighted by atomic mass is 10.1. The second kappa shape index (κ2) is 5.68. The van der Waals surface area contributed by atoms with Crippen molar-refractivity contribution >= 4 is 22.9 Å². The number of ether oxygens (including phenoxy) is 1. The maximum absolute atomic E-state index is 12.1. The number of fused-ring (bicyclic) bond motifs is 1. The van der Waals surface area contributed by atoms with Crippen molar-refractivity contribution in [2.45, 2.75) is 45.3 Å². The van der Waals surface area contributed by atoms with Crippen LogP contribution in [0.3, 0.4) is 0 Å². The summed E-state index contributed by atoms with van der Waals surface area (Å²) in [5.41, 5.74) is 6.12. The summed E-state index contributed by atoms with van der Waals surface area (Å²) in [6, 6.07) is 0.195. The van der Waals surface area contributed by atoms with Gasteiger partial charge in [0, 0.05) is 13.1 Å². The van der Waals surface area contributed by atoms with Crippen LogP contribution >= 0.6 is 0 Å². The zero-order chi connectivity index (χ0) is 16.6. The molecule has 1 aliphatic rings. The molecule has 0 saturated carbocycles. The Kier molecular flexibility index (Phi) is 3.83. The number of hydrogen-bond donors (Lipinski definition) is 1. The monoisotopic (exact) mass is 318 g/mol. The summed E-state index contributed by atoms with van der Waals surface area (Å²) >= 11 is 0. The summed E-state index contributed by atoms with van der Waals surface area (Å²) in [4.78, 5) is 22.1. The molecule has 1 fully saturated rings. The predicted octanol–water partition coefficient (Wildman–Crippen LogP) is 1.98. The van der Waals surface area contributed by atoms with E-state index in [1.54, 1.807) is 11.1 Å². The molecule has 0 aromatic carbocycles. The van der Waals surface area contributed by atoms with Crippen molar-refractivity contribution in [2.24, 2.45) is 0 Å². The van der Waals surface area contributed by atoms with E-state index in [4.69, 9.17) is 10.5 Å². The predicted molar refractivity (Wildman–Crippen MR) is 85.8 cm³/mol. The summed E-state index contributed by atoms with van der Waals surface area (Å²) in [5, 5.41) is 5.17. The lowest BCUT2D eigenvalue weighted by Crippen LogP contribution is -2.42. The molecule has 2 aromatic rings. The number of rotatable bonds is 1. The van der Waals surface area contributed by atoms with Gasteiger partial charge in [-0.25, -0.2) is 19.4 Å². The van der Waals surface area contributed by atoms with Crippen molar-refractivity contribution in [1.82, 2.24) is 24.6 Å². The standard InChI is InChI=1S/C15H22N6O2/c1-15(2,3)23-14(22)20-6-4-10(5-7-20)21-13-11(8-19-21)12(16)17-9-18-13/h8-10H,4-7H2,1-3H3,(H2,16,17,18). The van der Waals surface area contributed by atoms with Gasteiger partial charge in [0.15, 0.2) is 5.65 Å². The Hall–Kier alpha value is -2.38. The van der Waals surface area contributed by atoms with Crippen LogP contribution in [0.25, 0.3) is 11.0 Å². The molecule has 0 aliphatic carbocycles. The molecule has 3 heterocycles. The number of nitrogen functional groups attached to an aromatic ring is 1. The molecule has 2 N–H and O–H groups in total. The molecule has 8 heteroatoms. The van der Waals surface area contributed by atoms with Crippen molar-refractivity contribution in [3.8, 4) is 0 Å². The van der Waals surface area contributed by atoms with Gasteiger partial charge in [0.1, 0.15) is 17.7 Å². The number of piperidine rings is 1. The Labute approximate surface area is 134 Å². The van der Waals surface area contributed by atoms with Crippen molar-refractivity contribution in [2.75, 3.05) is 18.8 Å². The van der Waals surface area contributed by atoms with Gasteiger partial charge in [-0.3, -0.25) is 0 Å². The lowest BCUT2D eigenvalue weighted by molar-refractivity contribution is 0.0186. The molecule has 0 bridgehead atoms. The van der Waals surface area contributed by atoms with Gasteiger partial charge in [-0.15, -0.1) is 0 Å². The Balaban J connectivity index is 1.69. The molecule has 0 unspecified atom stereocenters. The summed E-state index contributed by atoms with van der Waals surface area (Å²) in [6.07, 6.45) is 4.50. The zero-order valence-electron chi connectivity index (χ0n) is 13.7. The topological polar surface area (TPSA) is 99.2 Å². The van der Waals surface area contributed by atoms with E-state index in [2.05, 4.69) is 15.1 Å². The third-order valence-corrected chi connectivity index (χ3v) is 3.88.